The van der Waals surface area contributed by atoms with Crippen molar-refractivity contribution in [2.75, 3.05) is 0 Å². The summed E-state index contributed by atoms with van der Waals surface area (Å²) in [6, 6.07) is 6.13. The number of hydrogen-bond donors (Lipinski definition) is 1. The molecule has 1 aliphatic heterocycles. The second-order valence-electron chi connectivity index (χ2n) is 4.41. The van der Waals surface area contributed by atoms with Crippen LogP contribution in [-0.2, 0) is 11.9 Å². The highest BCUT2D eigenvalue weighted by atomic mass is 16.7. The van der Waals surface area contributed by atoms with Gasteiger partial charge in [0.25, 0.3) is 11.8 Å². The molecule has 2 aromatic rings. The predicted molar refractivity (Wildman–Crippen MR) is 68.4 cm³/mol. The van der Waals surface area contributed by atoms with Crippen molar-refractivity contribution in [2.24, 2.45) is 7.05 Å². The Labute approximate surface area is 117 Å². The maximum Gasteiger partial charge on any atom is 0.381 e. The number of amides is 2. The average molecular weight is 287 g/mol. The van der Waals surface area contributed by atoms with E-state index in [1.165, 1.54) is 25.4 Å². The third kappa shape index (κ3) is 1.93. The largest absolute Gasteiger partial charge is 0.381 e. The van der Waals surface area contributed by atoms with E-state index >= 15 is 0 Å². The molecule has 0 atom stereocenters. The van der Waals surface area contributed by atoms with Gasteiger partial charge in [0, 0.05) is 13.2 Å². The summed E-state index contributed by atoms with van der Waals surface area (Å²) in [5, 5.41) is 0.387. The van der Waals surface area contributed by atoms with Gasteiger partial charge in [-0.15, -0.1) is 0 Å². The molecule has 1 aromatic heterocycles. The molecule has 0 aliphatic carbocycles. The fourth-order valence-corrected chi connectivity index (χ4v) is 1.97. The zero-order chi connectivity index (χ0) is 15.1. The smallest absolute Gasteiger partial charge is 0.323 e. The first-order chi connectivity index (χ1) is 9.99. The number of nitrogens with zero attached hydrogens (tertiary/aromatic N) is 2. The maximum atomic E-state index is 12.0. The zero-order valence-corrected chi connectivity index (χ0v) is 10.8. The zero-order valence-electron chi connectivity index (χ0n) is 10.8. The number of nitrogens with one attached hydrogen (secondary N) is 1. The van der Waals surface area contributed by atoms with Gasteiger partial charge in [-0.1, -0.05) is 17.2 Å². The van der Waals surface area contributed by atoms with Crippen LogP contribution in [0.2, 0.25) is 0 Å². The number of imide groups is 1. The van der Waals surface area contributed by atoms with E-state index < -0.39 is 23.5 Å². The number of benzene rings is 1. The summed E-state index contributed by atoms with van der Waals surface area (Å²) in [6.07, 6.45) is 1.21. The molecule has 0 saturated heterocycles. The van der Waals surface area contributed by atoms with E-state index in [1.54, 1.807) is 12.1 Å². The van der Waals surface area contributed by atoms with Crippen LogP contribution in [0.5, 0.6) is 0 Å². The highest BCUT2D eigenvalue weighted by Gasteiger charge is 2.39. The Kier molecular flexibility index (Phi) is 2.72. The van der Waals surface area contributed by atoms with Crippen LogP contribution in [0, 0.1) is 0 Å². The number of hydroxylamine groups is 2. The number of aromatic nitrogens is 2. The van der Waals surface area contributed by atoms with Crippen LogP contribution < -0.4 is 5.69 Å². The lowest BCUT2D eigenvalue weighted by atomic mass is 10.1. The van der Waals surface area contributed by atoms with Crippen molar-refractivity contribution in [3.05, 3.63) is 57.8 Å². The number of H-pyrrole nitrogens is 1. The molecule has 1 aromatic carbocycles. The lowest BCUT2D eigenvalue weighted by Crippen LogP contribution is -2.32. The number of aromatic amines is 1. The van der Waals surface area contributed by atoms with Crippen LogP contribution >= 0.6 is 0 Å². The van der Waals surface area contributed by atoms with E-state index in [-0.39, 0.29) is 16.8 Å². The van der Waals surface area contributed by atoms with Gasteiger partial charge in [-0.05, 0) is 12.1 Å². The van der Waals surface area contributed by atoms with Gasteiger partial charge in [-0.3, -0.25) is 14.6 Å². The Morgan fingerprint density at radius 2 is 1.67 bits per heavy atom. The molecule has 0 spiro atoms. The van der Waals surface area contributed by atoms with Crippen molar-refractivity contribution in [3.8, 4) is 0 Å². The molecule has 1 aliphatic rings. The highest BCUT2D eigenvalue weighted by Crippen LogP contribution is 2.22. The van der Waals surface area contributed by atoms with Crippen molar-refractivity contribution < 1.29 is 19.2 Å². The van der Waals surface area contributed by atoms with Gasteiger partial charge >= 0.3 is 11.7 Å². The molecule has 0 radical (unpaired) electrons. The summed E-state index contributed by atoms with van der Waals surface area (Å²) < 4.78 is 1.14. The van der Waals surface area contributed by atoms with E-state index in [0.29, 0.717) is 5.06 Å². The molecule has 8 heteroatoms. The van der Waals surface area contributed by atoms with Crippen molar-refractivity contribution in [1.82, 2.24) is 14.6 Å². The van der Waals surface area contributed by atoms with Crippen LogP contribution in [-0.4, -0.2) is 32.4 Å². The molecule has 8 nitrogen and oxygen atoms in total. The minimum atomic E-state index is -0.998. The third-order valence-corrected chi connectivity index (χ3v) is 3.04. The number of imidazole rings is 1. The SMILES string of the molecule is Cn1cc(C(=O)ON2C(=O)c3ccccc3C2=O)[nH]c1=O. The van der Waals surface area contributed by atoms with Gasteiger partial charge in [0.1, 0.15) is 5.69 Å². The minimum Gasteiger partial charge on any atom is -0.323 e. The lowest BCUT2D eigenvalue weighted by molar-refractivity contribution is -0.0588. The first-order valence-corrected chi connectivity index (χ1v) is 5.95. The van der Waals surface area contributed by atoms with E-state index in [0.717, 1.165) is 4.57 Å². The molecule has 1 N–H and O–H groups in total. The number of hydrogen-bond acceptors (Lipinski definition) is 5. The molecule has 3 rings (SSSR count). The first kappa shape index (κ1) is 12.9. The molecular formula is C13H9N3O5. The summed E-state index contributed by atoms with van der Waals surface area (Å²) in [5.41, 5.74) is -0.336. The fraction of sp³-hybridized carbons (Fsp3) is 0.0769. The first-order valence-electron chi connectivity index (χ1n) is 5.95. The van der Waals surface area contributed by atoms with Gasteiger partial charge < -0.3 is 9.40 Å². The number of rotatable bonds is 2. The van der Waals surface area contributed by atoms with Crippen LogP contribution in [0.3, 0.4) is 0 Å². The molecule has 0 saturated carbocycles. The number of aryl methyl sites for hydroxylation is 1. The van der Waals surface area contributed by atoms with Gasteiger partial charge in [0.15, 0.2) is 0 Å². The normalized spacial score (nSPS) is 13.5. The summed E-state index contributed by atoms with van der Waals surface area (Å²) in [6.45, 7) is 0. The van der Waals surface area contributed by atoms with E-state index in [9.17, 15) is 19.2 Å². The Bertz CT molecular complexity index is 797. The fourth-order valence-electron chi connectivity index (χ4n) is 1.97. The molecule has 0 bridgehead atoms. The Morgan fingerprint density at radius 1 is 1.10 bits per heavy atom. The summed E-state index contributed by atoms with van der Waals surface area (Å²) in [7, 11) is 1.44. The second kappa shape index (κ2) is 4.44. The molecule has 0 fully saturated rings. The van der Waals surface area contributed by atoms with E-state index in [2.05, 4.69) is 4.98 Å². The standard InChI is InChI=1S/C13H9N3O5/c1-15-6-9(14-13(15)20)12(19)21-16-10(17)7-4-2-3-5-8(7)11(16)18/h2-6H,1H3,(H,14,20). The topological polar surface area (TPSA) is 101 Å². The third-order valence-electron chi connectivity index (χ3n) is 3.04. The van der Waals surface area contributed by atoms with Crippen LogP contribution in [0.25, 0.3) is 0 Å². The van der Waals surface area contributed by atoms with E-state index in [4.69, 9.17) is 4.84 Å². The quantitative estimate of drug-likeness (QED) is 0.788. The van der Waals surface area contributed by atoms with Crippen LogP contribution in [0.1, 0.15) is 31.2 Å². The van der Waals surface area contributed by atoms with Gasteiger partial charge in [0.2, 0.25) is 0 Å². The van der Waals surface area contributed by atoms with Gasteiger partial charge in [-0.25, -0.2) is 9.59 Å². The summed E-state index contributed by atoms with van der Waals surface area (Å²) in [5.74, 6) is -2.44. The molecular weight excluding hydrogens is 278 g/mol. The van der Waals surface area contributed by atoms with Crippen molar-refractivity contribution in [3.63, 3.8) is 0 Å². The van der Waals surface area contributed by atoms with Crippen molar-refractivity contribution in [2.45, 2.75) is 0 Å². The predicted octanol–water partition coefficient (Wildman–Crippen LogP) is 0.0814. The molecule has 2 amide bonds. The van der Waals surface area contributed by atoms with Gasteiger partial charge in [-0.2, -0.15) is 0 Å². The highest BCUT2D eigenvalue weighted by molar-refractivity contribution is 6.21. The number of fused-ring (bicyclic) bond motifs is 1. The van der Waals surface area contributed by atoms with E-state index in [1.807, 2.05) is 0 Å². The van der Waals surface area contributed by atoms with Crippen molar-refractivity contribution in [1.29, 1.82) is 0 Å². The Hall–Kier alpha value is -3.16. The van der Waals surface area contributed by atoms with Crippen molar-refractivity contribution >= 4 is 17.8 Å². The molecule has 21 heavy (non-hydrogen) atoms. The lowest BCUT2D eigenvalue weighted by Gasteiger charge is -2.11. The number of carbonyl (C=O) groups excluding carboxylic acids is 3. The Balaban J connectivity index is 1.87. The van der Waals surface area contributed by atoms with Crippen LogP contribution in [0.15, 0.2) is 35.3 Å². The minimum absolute atomic E-state index is 0.154. The molecule has 0 unspecified atom stereocenters. The molecule has 106 valence electrons. The maximum absolute atomic E-state index is 12.0. The Morgan fingerprint density at radius 3 is 2.14 bits per heavy atom. The monoisotopic (exact) mass is 287 g/mol. The van der Waals surface area contributed by atoms with Crippen LogP contribution in [0.4, 0.5) is 0 Å². The average Bonchev–Trinajstić information content (AvgIpc) is 2.93. The second-order valence-corrected chi connectivity index (χ2v) is 4.41. The number of carbonyl (C=O) groups is 3. The summed E-state index contributed by atoms with van der Waals surface area (Å²) >= 11 is 0. The van der Waals surface area contributed by atoms with Gasteiger partial charge in [0.05, 0.1) is 11.1 Å². The molecule has 2 heterocycles. The summed E-state index contributed by atoms with van der Waals surface area (Å²) in [4.78, 5) is 54.1.